The quantitative estimate of drug-likeness (QED) is 0.0876. The molecule has 0 saturated carbocycles. The lowest BCUT2D eigenvalue weighted by molar-refractivity contribution is -0.199. The van der Waals surface area contributed by atoms with Gasteiger partial charge in [-0.15, -0.1) is 9.96 Å². The number of nitrogens with zero attached hydrogens (tertiary/aromatic N) is 3. The molecule has 3 aromatic rings. The number of hydrogen-bond acceptors (Lipinski definition) is 11. The van der Waals surface area contributed by atoms with Gasteiger partial charge < -0.3 is 30.1 Å². The number of alkyl carbamates (subject to hydrolysis) is 1. The van der Waals surface area contributed by atoms with Crippen LogP contribution in [0.3, 0.4) is 0 Å². The van der Waals surface area contributed by atoms with E-state index >= 15 is 0 Å². The van der Waals surface area contributed by atoms with Gasteiger partial charge in [-0.2, -0.15) is 0 Å². The molecule has 0 aliphatic carbocycles. The number of rotatable bonds is 13. The molecule has 1 aliphatic rings. The highest BCUT2D eigenvalue weighted by molar-refractivity contribution is 6.07. The number of guanidine groups is 1. The summed E-state index contributed by atoms with van der Waals surface area (Å²) < 4.78 is 15.8. The summed E-state index contributed by atoms with van der Waals surface area (Å²) in [5.41, 5.74) is 8.08. The molecule has 15 heteroatoms. The van der Waals surface area contributed by atoms with Crippen LogP contribution in [0.15, 0.2) is 96.0 Å². The van der Waals surface area contributed by atoms with Crippen molar-refractivity contribution in [3.63, 3.8) is 0 Å². The molecule has 3 N–H and O–H groups in total. The van der Waals surface area contributed by atoms with E-state index in [1.807, 2.05) is 0 Å². The molecule has 1 saturated heterocycles. The minimum atomic E-state index is -1.37. The summed E-state index contributed by atoms with van der Waals surface area (Å²) in [7, 11) is 0. The Bertz CT molecular complexity index is 1570. The summed E-state index contributed by atoms with van der Waals surface area (Å²) in [6.45, 7) is -0.554. The highest BCUT2D eigenvalue weighted by Gasteiger charge is 2.35. The fraction of sp³-hybridized carbons (Fsp3) is 0.265. The number of ether oxygens (including phenoxy) is 3. The van der Waals surface area contributed by atoms with Crippen molar-refractivity contribution in [2.45, 2.75) is 51.5 Å². The minimum Gasteiger partial charge on any atom is -0.445 e. The summed E-state index contributed by atoms with van der Waals surface area (Å²) in [5, 5.41) is 2.74. The fourth-order valence-corrected chi connectivity index (χ4v) is 4.36. The topological polar surface area (TPSA) is 196 Å². The van der Waals surface area contributed by atoms with Crippen molar-refractivity contribution in [2.24, 2.45) is 10.7 Å². The summed E-state index contributed by atoms with van der Waals surface area (Å²) in [6.07, 6.45) is -3.53. The molecule has 49 heavy (non-hydrogen) atoms. The Kier molecular flexibility index (Phi) is 13.2. The molecule has 1 aliphatic heterocycles. The normalized spacial score (nSPS) is 13.3. The number of aliphatic imine (C=N–C) groups is 1. The van der Waals surface area contributed by atoms with Crippen LogP contribution in [0.5, 0.6) is 0 Å². The van der Waals surface area contributed by atoms with Crippen LogP contribution in [-0.2, 0) is 53.3 Å². The summed E-state index contributed by atoms with van der Waals surface area (Å²) in [5.74, 6) is -3.02. The summed E-state index contributed by atoms with van der Waals surface area (Å²) in [6, 6.07) is 25.0. The smallest absolute Gasteiger partial charge is 0.426 e. The van der Waals surface area contributed by atoms with E-state index in [0.717, 1.165) is 0 Å². The van der Waals surface area contributed by atoms with Crippen LogP contribution in [-0.4, -0.2) is 64.6 Å². The van der Waals surface area contributed by atoms with Crippen molar-refractivity contribution in [2.75, 3.05) is 6.54 Å². The number of nitrogens with two attached hydrogens (primary N) is 1. The predicted molar refractivity (Wildman–Crippen MR) is 172 cm³/mol. The van der Waals surface area contributed by atoms with E-state index < -0.39 is 48.1 Å². The Morgan fingerprint density at radius 2 is 1.18 bits per heavy atom. The number of carbonyl (C=O) groups is 6. The van der Waals surface area contributed by atoms with Gasteiger partial charge in [-0.1, -0.05) is 91.0 Å². The predicted octanol–water partition coefficient (Wildman–Crippen LogP) is 3.96. The number of nitrogens with one attached hydrogen (secondary N) is 1. The lowest BCUT2D eigenvalue weighted by Gasteiger charge is -2.20. The van der Waals surface area contributed by atoms with Gasteiger partial charge in [-0.05, 0) is 29.5 Å². The average Bonchev–Trinajstić information content (AvgIpc) is 3.43. The van der Waals surface area contributed by atoms with Crippen molar-refractivity contribution in [1.82, 2.24) is 15.3 Å². The van der Waals surface area contributed by atoms with Gasteiger partial charge in [0.05, 0.1) is 0 Å². The van der Waals surface area contributed by atoms with E-state index in [0.29, 0.717) is 26.7 Å². The van der Waals surface area contributed by atoms with Crippen molar-refractivity contribution < 1.29 is 47.8 Å². The molecule has 15 nitrogen and oxygen atoms in total. The van der Waals surface area contributed by atoms with Crippen molar-refractivity contribution in [1.29, 1.82) is 0 Å². The van der Waals surface area contributed by atoms with Crippen LogP contribution in [0.1, 0.15) is 42.4 Å². The number of hydrogen-bond donors (Lipinski definition) is 2. The number of benzene rings is 3. The zero-order chi connectivity index (χ0) is 35.0. The Morgan fingerprint density at radius 1 is 0.735 bits per heavy atom. The maximum absolute atomic E-state index is 13.0. The number of amides is 5. The molecule has 0 bridgehead atoms. The maximum atomic E-state index is 13.0. The molecule has 1 unspecified atom stereocenters. The zero-order valence-corrected chi connectivity index (χ0v) is 26.4. The van der Waals surface area contributed by atoms with Crippen LogP contribution in [0.25, 0.3) is 0 Å². The molecule has 3 aromatic carbocycles. The highest BCUT2D eigenvalue weighted by atomic mass is 16.7. The van der Waals surface area contributed by atoms with Gasteiger partial charge >= 0.3 is 24.2 Å². The average molecular weight is 674 g/mol. The first-order chi connectivity index (χ1) is 23.7. The lowest BCUT2D eigenvalue weighted by Crippen LogP contribution is -2.47. The van der Waals surface area contributed by atoms with Crippen molar-refractivity contribution >= 4 is 42.0 Å². The van der Waals surface area contributed by atoms with E-state index in [1.54, 1.807) is 91.0 Å². The SMILES string of the molecule is NC(=NCCCC(NC(=O)OCc1ccccc1)C(=O)ON1C(=O)CCC1=O)N(C(=O)OCc1ccccc1)C(=O)OCc1ccccc1. The van der Waals surface area contributed by atoms with Crippen LogP contribution in [0, 0.1) is 0 Å². The second kappa shape index (κ2) is 18.2. The molecule has 1 heterocycles. The van der Waals surface area contributed by atoms with E-state index in [1.165, 1.54) is 0 Å². The van der Waals surface area contributed by atoms with E-state index in [-0.39, 0.29) is 52.0 Å². The van der Waals surface area contributed by atoms with Gasteiger partial charge in [0.1, 0.15) is 25.9 Å². The van der Waals surface area contributed by atoms with Gasteiger partial charge in [0.25, 0.3) is 11.8 Å². The molecule has 0 radical (unpaired) electrons. The molecule has 1 fully saturated rings. The third-order valence-electron chi connectivity index (χ3n) is 6.91. The highest BCUT2D eigenvalue weighted by Crippen LogP contribution is 2.14. The molecule has 1 atom stereocenters. The lowest BCUT2D eigenvalue weighted by atomic mass is 10.1. The molecule has 0 aromatic heterocycles. The second-order valence-electron chi connectivity index (χ2n) is 10.5. The van der Waals surface area contributed by atoms with Crippen LogP contribution >= 0.6 is 0 Å². The van der Waals surface area contributed by atoms with Gasteiger partial charge in [0, 0.05) is 19.4 Å². The van der Waals surface area contributed by atoms with Gasteiger partial charge in [-0.3, -0.25) is 14.6 Å². The fourth-order valence-electron chi connectivity index (χ4n) is 4.36. The molecule has 4 rings (SSSR count). The van der Waals surface area contributed by atoms with Crippen LogP contribution < -0.4 is 11.1 Å². The summed E-state index contributed by atoms with van der Waals surface area (Å²) in [4.78, 5) is 85.1. The van der Waals surface area contributed by atoms with E-state index in [9.17, 15) is 28.8 Å². The number of hydroxylamine groups is 2. The zero-order valence-electron chi connectivity index (χ0n) is 26.4. The Balaban J connectivity index is 1.40. The third kappa shape index (κ3) is 11.2. The number of carbonyl (C=O) groups excluding carboxylic acids is 6. The van der Waals surface area contributed by atoms with Gasteiger partial charge in [0.2, 0.25) is 5.96 Å². The molecular formula is C34H35N5O10. The Hall–Kier alpha value is -6.25. The first-order valence-electron chi connectivity index (χ1n) is 15.3. The van der Waals surface area contributed by atoms with Crippen molar-refractivity contribution in [3.05, 3.63) is 108 Å². The first kappa shape index (κ1) is 35.6. The van der Waals surface area contributed by atoms with E-state index in [2.05, 4.69) is 10.3 Å². The molecular weight excluding hydrogens is 638 g/mol. The first-order valence-corrected chi connectivity index (χ1v) is 15.3. The van der Waals surface area contributed by atoms with Crippen LogP contribution in [0.2, 0.25) is 0 Å². The maximum Gasteiger partial charge on any atom is 0.426 e. The largest absolute Gasteiger partial charge is 0.445 e. The monoisotopic (exact) mass is 673 g/mol. The standard InChI is InChI=1S/C34H35N5O10/c35-31(38(33(44)47-22-25-13-6-2-7-14-25)34(45)48-23-26-15-8-3-9-16-26)36-20-10-17-27(30(42)49-39-28(40)18-19-29(39)41)37-32(43)46-21-24-11-4-1-5-12-24/h1-9,11-16,27H,10,17-23H2,(H2,35,36)(H,37,43). The Labute approximate surface area is 281 Å². The second-order valence-corrected chi connectivity index (χ2v) is 10.5. The molecule has 0 spiro atoms. The Morgan fingerprint density at radius 3 is 1.65 bits per heavy atom. The molecule has 256 valence electrons. The van der Waals surface area contributed by atoms with Crippen molar-refractivity contribution in [3.8, 4) is 0 Å². The van der Waals surface area contributed by atoms with Gasteiger partial charge in [-0.25, -0.2) is 19.2 Å². The summed E-state index contributed by atoms with van der Waals surface area (Å²) >= 11 is 0. The van der Waals surface area contributed by atoms with E-state index in [4.69, 9.17) is 24.8 Å². The molecule has 5 amide bonds. The van der Waals surface area contributed by atoms with Crippen LogP contribution in [0.4, 0.5) is 14.4 Å². The third-order valence-corrected chi connectivity index (χ3v) is 6.91. The minimum absolute atomic E-state index is 0.0489. The number of imide groups is 2. The van der Waals surface area contributed by atoms with Gasteiger partial charge in [0.15, 0.2) is 0 Å².